The van der Waals surface area contributed by atoms with E-state index < -0.39 is 0 Å². The number of benzene rings is 1. The zero-order valence-electron chi connectivity index (χ0n) is 20.9. The molecule has 184 valence electrons. The van der Waals surface area contributed by atoms with Crippen molar-refractivity contribution in [1.29, 1.82) is 0 Å². The molecule has 2 saturated heterocycles. The van der Waals surface area contributed by atoms with Crippen LogP contribution in [0.25, 0.3) is 0 Å². The Hall–Kier alpha value is -2.57. The number of aromatic nitrogens is 2. The fourth-order valence-corrected chi connectivity index (χ4v) is 6.30. The Morgan fingerprint density at radius 2 is 1.86 bits per heavy atom. The van der Waals surface area contributed by atoms with Crippen LogP contribution in [0.3, 0.4) is 0 Å². The minimum atomic E-state index is -0.0612. The van der Waals surface area contributed by atoms with E-state index >= 15 is 0 Å². The third kappa shape index (κ3) is 4.78. The first-order valence-corrected chi connectivity index (χ1v) is 13.3. The molecule has 0 aliphatic carbocycles. The fourth-order valence-electron chi connectivity index (χ4n) is 5.66. The lowest BCUT2D eigenvalue weighted by atomic mass is 9.91. The quantitative estimate of drug-likeness (QED) is 0.385. The molecular weight excluding hydrogens is 474 g/mol. The van der Waals surface area contributed by atoms with Crippen LogP contribution in [-0.2, 0) is 0 Å². The molecule has 4 atom stereocenters. The van der Waals surface area contributed by atoms with E-state index in [1.54, 1.807) is 0 Å². The van der Waals surface area contributed by atoms with Crippen molar-refractivity contribution < 1.29 is 0 Å². The zero-order chi connectivity index (χ0) is 24.7. The minimum Gasteiger partial charge on any atom is -0.370 e. The maximum atomic E-state index is 6.93. The van der Waals surface area contributed by atoms with Crippen molar-refractivity contribution in [2.45, 2.75) is 52.2 Å². The summed E-state index contributed by atoms with van der Waals surface area (Å²) in [7, 11) is 0. The SMILES string of the molecule is CC(C)n1ccc([C@@H]2[C@@H](c3ccccn3)NC(=S)N2c2ccc(N3C[C@H](C)C[C@H](C)C3)c(Cl)c2)c1. The first-order valence-electron chi connectivity index (χ1n) is 12.5. The standard InChI is InChI=1S/C28H34ClN5S/c1-18(2)32-12-10-21(17-32)27-26(24-7-5-6-11-30-24)31-28(35)34(27)22-8-9-25(23(29)14-22)33-15-19(3)13-20(4)16-33/h5-12,14,17-20,26-27H,13,15-16H2,1-4H3,(H,31,35)/t19-,20+,26-,27-/m1/s1. The highest BCUT2D eigenvalue weighted by Crippen LogP contribution is 2.43. The van der Waals surface area contributed by atoms with Gasteiger partial charge in [-0.25, -0.2) is 0 Å². The average molecular weight is 508 g/mol. The summed E-state index contributed by atoms with van der Waals surface area (Å²) in [6, 6.07) is 14.9. The molecule has 0 radical (unpaired) electrons. The molecule has 2 fully saturated rings. The summed E-state index contributed by atoms with van der Waals surface area (Å²) in [5, 5.41) is 5.00. The number of hydrogen-bond donors (Lipinski definition) is 1. The zero-order valence-corrected chi connectivity index (χ0v) is 22.4. The normalized spacial score (nSPS) is 24.8. The lowest BCUT2D eigenvalue weighted by Gasteiger charge is -2.37. The summed E-state index contributed by atoms with van der Waals surface area (Å²) < 4.78 is 2.24. The van der Waals surface area contributed by atoms with Crippen LogP contribution in [0.4, 0.5) is 11.4 Å². The lowest BCUT2D eigenvalue weighted by molar-refractivity contribution is 0.357. The van der Waals surface area contributed by atoms with Gasteiger partial charge in [0, 0.05) is 43.4 Å². The van der Waals surface area contributed by atoms with Gasteiger partial charge in [-0.15, -0.1) is 0 Å². The molecule has 4 heterocycles. The highest BCUT2D eigenvalue weighted by molar-refractivity contribution is 7.80. The van der Waals surface area contributed by atoms with Crippen LogP contribution in [-0.4, -0.2) is 27.8 Å². The number of nitrogens with one attached hydrogen (secondary N) is 1. The Kier molecular flexibility index (Phi) is 6.78. The molecular formula is C28H34ClN5S. The second kappa shape index (κ2) is 9.82. The van der Waals surface area contributed by atoms with E-state index in [-0.39, 0.29) is 12.1 Å². The topological polar surface area (TPSA) is 36.3 Å². The predicted molar refractivity (Wildman–Crippen MR) is 149 cm³/mol. The Bertz CT molecular complexity index is 1180. The molecule has 5 nitrogen and oxygen atoms in total. The summed E-state index contributed by atoms with van der Waals surface area (Å²) in [6.07, 6.45) is 7.47. The van der Waals surface area contributed by atoms with Gasteiger partial charge < -0.3 is 19.7 Å². The molecule has 0 saturated carbocycles. The average Bonchev–Trinajstić information content (AvgIpc) is 3.43. The van der Waals surface area contributed by atoms with Crippen molar-refractivity contribution >= 4 is 40.3 Å². The monoisotopic (exact) mass is 507 g/mol. The van der Waals surface area contributed by atoms with Gasteiger partial charge in [0.2, 0.25) is 0 Å². The highest BCUT2D eigenvalue weighted by Gasteiger charge is 2.41. The molecule has 1 N–H and O–H groups in total. The van der Waals surface area contributed by atoms with Gasteiger partial charge in [0.15, 0.2) is 5.11 Å². The molecule has 2 aliphatic rings. The molecule has 1 aromatic carbocycles. The number of piperidine rings is 1. The molecule has 0 amide bonds. The van der Waals surface area contributed by atoms with E-state index in [1.807, 2.05) is 18.3 Å². The largest absolute Gasteiger partial charge is 0.370 e. The smallest absolute Gasteiger partial charge is 0.174 e. The van der Waals surface area contributed by atoms with Crippen LogP contribution < -0.4 is 15.1 Å². The summed E-state index contributed by atoms with van der Waals surface area (Å²) in [5.41, 5.74) is 4.27. The summed E-state index contributed by atoms with van der Waals surface area (Å²) in [5.74, 6) is 1.33. The summed E-state index contributed by atoms with van der Waals surface area (Å²) in [6.45, 7) is 11.1. The summed E-state index contributed by atoms with van der Waals surface area (Å²) >= 11 is 12.8. The number of pyridine rings is 1. The fraction of sp³-hybridized carbons (Fsp3) is 0.429. The van der Waals surface area contributed by atoms with Gasteiger partial charge in [-0.1, -0.05) is 31.5 Å². The Morgan fingerprint density at radius 1 is 1.09 bits per heavy atom. The number of halogens is 1. The lowest BCUT2D eigenvalue weighted by Crippen LogP contribution is -2.38. The van der Waals surface area contributed by atoms with Crippen LogP contribution in [0.15, 0.2) is 61.1 Å². The van der Waals surface area contributed by atoms with Crippen molar-refractivity contribution in [1.82, 2.24) is 14.9 Å². The van der Waals surface area contributed by atoms with Crippen LogP contribution in [0.5, 0.6) is 0 Å². The second-order valence-corrected chi connectivity index (χ2v) is 11.3. The van der Waals surface area contributed by atoms with Gasteiger partial charge in [-0.2, -0.15) is 0 Å². The Morgan fingerprint density at radius 3 is 2.49 bits per heavy atom. The van der Waals surface area contributed by atoms with E-state index in [9.17, 15) is 0 Å². The van der Waals surface area contributed by atoms with Crippen molar-refractivity contribution in [3.05, 3.63) is 77.3 Å². The van der Waals surface area contributed by atoms with E-state index in [4.69, 9.17) is 23.8 Å². The van der Waals surface area contributed by atoms with Crippen molar-refractivity contribution in [2.24, 2.45) is 11.8 Å². The molecule has 3 aromatic rings. The number of nitrogens with zero attached hydrogens (tertiary/aromatic N) is 4. The molecule has 2 aliphatic heterocycles. The molecule has 7 heteroatoms. The van der Waals surface area contributed by atoms with Gasteiger partial charge in [0.05, 0.1) is 28.5 Å². The van der Waals surface area contributed by atoms with E-state index in [0.29, 0.717) is 23.0 Å². The maximum absolute atomic E-state index is 6.93. The highest BCUT2D eigenvalue weighted by atomic mass is 35.5. The molecule has 0 unspecified atom stereocenters. The number of hydrogen-bond acceptors (Lipinski definition) is 3. The summed E-state index contributed by atoms with van der Waals surface area (Å²) in [4.78, 5) is 9.29. The second-order valence-electron chi connectivity index (χ2n) is 10.5. The predicted octanol–water partition coefficient (Wildman–Crippen LogP) is 6.78. The van der Waals surface area contributed by atoms with Crippen LogP contribution in [0.2, 0.25) is 5.02 Å². The van der Waals surface area contributed by atoms with Crippen molar-refractivity contribution in [3.8, 4) is 0 Å². The van der Waals surface area contributed by atoms with Crippen molar-refractivity contribution in [2.75, 3.05) is 22.9 Å². The van der Waals surface area contributed by atoms with Gasteiger partial charge in [0.1, 0.15) is 0 Å². The van der Waals surface area contributed by atoms with Gasteiger partial charge in [-0.05, 0) is 86.3 Å². The third-order valence-corrected chi connectivity index (χ3v) is 7.81. The molecule has 5 rings (SSSR count). The van der Waals surface area contributed by atoms with Crippen molar-refractivity contribution in [3.63, 3.8) is 0 Å². The molecule has 0 bridgehead atoms. The third-order valence-electron chi connectivity index (χ3n) is 7.19. The maximum Gasteiger partial charge on any atom is 0.174 e. The van der Waals surface area contributed by atoms with E-state index in [2.05, 4.69) is 95.1 Å². The van der Waals surface area contributed by atoms with E-state index in [1.165, 1.54) is 12.0 Å². The first-order chi connectivity index (χ1) is 16.8. The van der Waals surface area contributed by atoms with Crippen LogP contribution >= 0.6 is 23.8 Å². The van der Waals surface area contributed by atoms with Crippen LogP contribution in [0.1, 0.15) is 63.5 Å². The molecule has 0 spiro atoms. The first kappa shape index (κ1) is 24.1. The molecule has 35 heavy (non-hydrogen) atoms. The van der Waals surface area contributed by atoms with Crippen LogP contribution in [0, 0.1) is 11.8 Å². The van der Waals surface area contributed by atoms with Gasteiger partial charge in [0.25, 0.3) is 0 Å². The van der Waals surface area contributed by atoms with E-state index in [0.717, 1.165) is 35.2 Å². The number of thiocarbonyl (C=S) groups is 1. The van der Waals surface area contributed by atoms with Gasteiger partial charge >= 0.3 is 0 Å². The Labute approximate surface area is 219 Å². The molecule has 2 aromatic heterocycles. The Balaban J connectivity index is 1.52. The van der Waals surface area contributed by atoms with Gasteiger partial charge in [-0.3, -0.25) is 4.98 Å². The number of anilines is 2. The number of rotatable bonds is 5. The minimum absolute atomic E-state index is 0.0330.